The Balaban J connectivity index is 1.75. The molecular formula is C19H19N3O3S. The smallest absolute Gasteiger partial charge is 0.298 e. The van der Waals surface area contributed by atoms with Gasteiger partial charge in [-0.1, -0.05) is 24.3 Å². The molecule has 1 N–H and O–H groups in total. The summed E-state index contributed by atoms with van der Waals surface area (Å²) in [7, 11) is 0. The van der Waals surface area contributed by atoms with E-state index in [-0.39, 0.29) is 10.9 Å². The second-order valence-electron chi connectivity index (χ2n) is 5.96. The maximum absolute atomic E-state index is 12.5. The SMILES string of the molecule is Cc1ccc(NC(=O)C(C)Sc2c([O-])on[n+]2-c2ccccc2)cc1C. The molecular weight excluding hydrogens is 350 g/mol. The van der Waals surface area contributed by atoms with Crippen molar-refractivity contribution in [2.75, 3.05) is 5.32 Å². The van der Waals surface area contributed by atoms with Crippen LogP contribution in [0.15, 0.2) is 58.1 Å². The van der Waals surface area contributed by atoms with Crippen molar-refractivity contribution in [3.05, 3.63) is 59.7 Å². The number of rotatable bonds is 5. The van der Waals surface area contributed by atoms with Gasteiger partial charge < -0.3 is 14.9 Å². The summed E-state index contributed by atoms with van der Waals surface area (Å²) >= 11 is 1.12. The molecule has 0 aliphatic carbocycles. The average molecular weight is 369 g/mol. The molecule has 0 fully saturated rings. The highest BCUT2D eigenvalue weighted by molar-refractivity contribution is 8.00. The molecule has 0 radical (unpaired) electrons. The molecule has 3 rings (SSSR count). The molecule has 1 atom stereocenters. The molecule has 1 unspecified atom stereocenters. The monoisotopic (exact) mass is 369 g/mol. The quantitative estimate of drug-likeness (QED) is 0.552. The van der Waals surface area contributed by atoms with Gasteiger partial charge >= 0.3 is 0 Å². The van der Waals surface area contributed by atoms with Gasteiger partial charge in [0.1, 0.15) is 0 Å². The number of aromatic nitrogens is 2. The van der Waals surface area contributed by atoms with Gasteiger partial charge in [-0.2, -0.15) is 0 Å². The number of nitrogens with zero attached hydrogens (tertiary/aromatic N) is 2. The minimum absolute atomic E-state index is 0.196. The lowest BCUT2D eigenvalue weighted by molar-refractivity contribution is -0.705. The van der Waals surface area contributed by atoms with Crippen LogP contribution in [-0.4, -0.2) is 16.4 Å². The van der Waals surface area contributed by atoms with Crippen LogP contribution in [-0.2, 0) is 4.79 Å². The summed E-state index contributed by atoms with van der Waals surface area (Å²) in [6, 6.07) is 14.9. The zero-order chi connectivity index (χ0) is 18.7. The van der Waals surface area contributed by atoms with Crippen molar-refractivity contribution >= 4 is 23.4 Å². The Bertz CT molecular complexity index is 925. The summed E-state index contributed by atoms with van der Waals surface area (Å²) < 4.78 is 6.19. The van der Waals surface area contributed by atoms with Crippen molar-refractivity contribution in [1.29, 1.82) is 0 Å². The Morgan fingerprint density at radius 1 is 1.19 bits per heavy atom. The van der Waals surface area contributed by atoms with E-state index < -0.39 is 11.2 Å². The van der Waals surface area contributed by atoms with E-state index in [4.69, 9.17) is 4.52 Å². The van der Waals surface area contributed by atoms with Crippen LogP contribution in [0.5, 0.6) is 5.95 Å². The molecule has 0 saturated carbocycles. The number of carbonyl (C=O) groups excluding carboxylic acids is 1. The van der Waals surface area contributed by atoms with Crippen LogP contribution < -0.4 is 15.1 Å². The van der Waals surface area contributed by atoms with Crippen molar-refractivity contribution in [2.45, 2.75) is 31.0 Å². The first-order chi connectivity index (χ1) is 12.5. The summed E-state index contributed by atoms with van der Waals surface area (Å²) in [5.74, 6) is -0.761. The van der Waals surface area contributed by atoms with Crippen molar-refractivity contribution < 1.29 is 19.1 Å². The van der Waals surface area contributed by atoms with Gasteiger partial charge in [-0.15, -0.1) is 0 Å². The highest BCUT2D eigenvalue weighted by Crippen LogP contribution is 2.28. The standard InChI is InChI=1S/C19H19N3O3S/c1-12-9-10-15(11-13(12)2)20-17(23)14(3)26-18-19(24)25-21-22(18)16-7-5-4-6-8-16/h4-11,14H,1-3H3,(H-,20,21,23,24). The zero-order valence-corrected chi connectivity index (χ0v) is 15.5. The minimum atomic E-state index is -0.565. The lowest BCUT2D eigenvalue weighted by Crippen LogP contribution is -2.36. The van der Waals surface area contributed by atoms with Crippen LogP contribution in [0.4, 0.5) is 5.69 Å². The van der Waals surface area contributed by atoms with E-state index in [2.05, 4.69) is 10.6 Å². The molecule has 134 valence electrons. The van der Waals surface area contributed by atoms with E-state index >= 15 is 0 Å². The molecule has 0 aliphatic heterocycles. The molecule has 6 nitrogen and oxygen atoms in total. The fourth-order valence-electron chi connectivity index (χ4n) is 2.36. The highest BCUT2D eigenvalue weighted by atomic mass is 32.2. The molecule has 3 aromatic rings. The largest absolute Gasteiger partial charge is 0.538 e. The van der Waals surface area contributed by atoms with E-state index in [0.717, 1.165) is 28.6 Å². The number of anilines is 1. The van der Waals surface area contributed by atoms with E-state index in [0.29, 0.717) is 5.69 Å². The number of benzene rings is 2. The molecule has 0 spiro atoms. The van der Waals surface area contributed by atoms with Crippen molar-refractivity contribution in [3.63, 3.8) is 0 Å². The van der Waals surface area contributed by atoms with Crippen LogP contribution in [0.25, 0.3) is 5.69 Å². The lowest BCUT2D eigenvalue weighted by Gasteiger charge is -2.11. The van der Waals surface area contributed by atoms with Gasteiger partial charge in [0.25, 0.3) is 5.03 Å². The average Bonchev–Trinajstić information content (AvgIpc) is 2.99. The predicted octanol–water partition coefficient (Wildman–Crippen LogP) is 2.76. The first-order valence-electron chi connectivity index (χ1n) is 8.15. The van der Waals surface area contributed by atoms with Crippen molar-refractivity contribution in [1.82, 2.24) is 5.27 Å². The van der Waals surface area contributed by atoms with Gasteiger partial charge in [0.05, 0.1) is 10.5 Å². The topological polar surface area (TPSA) is 82.1 Å². The van der Waals surface area contributed by atoms with Crippen LogP contribution in [0.2, 0.25) is 0 Å². The molecule has 0 aliphatic rings. The number of hydrogen-bond acceptors (Lipinski definition) is 5. The minimum Gasteiger partial charge on any atom is -0.538 e. The summed E-state index contributed by atoms with van der Waals surface area (Å²) in [5.41, 5.74) is 3.69. The molecule has 1 amide bonds. The van der Waals surface area contributed by atoms with E-state index in [1.807, 2.05) is 62.4 Å². The Morgan fingerprint density at radius 2 is 1.92 bits per heavy atom. The van der Waals surface area contributed by atoms with E-state index in [9.17, 15) is 9.90 Å². The maximum Gasteiger partial charge on any atom is 0.298 e. The summed E-state index contributed by atoms with van der Waals surface area (Å²) in [6.07, 6.45) is 0. The Labute approximate surface area is 155 Å². The predicted molar refractivity (Wildman–Crippen MR) is 97.3 cm³/mol. The first-order valence-corrected chi connectivity index (χ1v) is 9.03. The number of hydrogen-bond donors (Lipinski definition) is 1. The molecule has 26 heavy (non-hydrogen) atoms. The number of carbonyl (C=O) groups is 1. The normalized spacial score (nSPS) is 12.0. The maximum atomic E-state index is 12.5. The Kier molecular flexibility index (Phi) is 5.27. The van der Waals surface area contributed by atoms with Gasteiger partial charge in [-0.25, -0.2) is 0 Å². The molecule has 0 bridgehead atoms. The molecule has 2 aromatic carbocycles. The molecule has 7 heteroatoms. The van der Waals surface area contributed by atoms with Crippen LogP contribution in [0.1, 0.15) is 18.1 Å². The van der Waals surface area contributed by atoms with Gasteiger partial charge in [-0.3, -0.25) is 4.79 Å². The number of nitrogens with one attached hydrogen (secondary N) is 1. The third-order valence-corrected chi connectivity index (χ3v) is 5.14. The number of thioether (sulfide) groups is 1. The van der Waals surface area contributed by atoms with Gasteiger partial charge in [-0.05, 0) is 60.5 Å². The number of para-hydroxylation sites is 1. The van der Waals surface area contributed by atoms with Gasteiger partial charge in [0.15, 0.2) is 5.95 Å². The number of aryl methyl sites for hydroxylation is 2. The summed E-state index contributed by atoms with van der Waals surface area (Å²) in [5, 5.41) is 18.4. The third kappa shape index (κ3) is 3.88. The number of amides is 1. The third-order valence-electron chi connectivity index (χ3n) is 4.01. The van der Waals surface area contributed by atoms with Gasteiger partial charge in [0, 0.05) is 17.8 Å². The summed E-state index contributed by atoms with van der Waals surface area (Å²) in [4.78, 5) is 12.5. The van der Waals surface area contributed by atoms with E-state index in [1.165, 1.54) is 4.68 Å². The molecule has 1 heterocycles. The van der Waals surface area contributed by atoms with Crippen LogP contribution >= 0.6 is 11.8 Å². The second-order valence-corrected chi connectivity index (χ2v) is 7.29. The fourth-order valence-corrected chi connectivity index (χ4v) is 3.23. The van der Waals surface area contributed by atoms with E-state index in [1.54, 1.807) is 6.92 Å². The first kappa shape index (κ1) is 18.0. The van der Waals surface area contributed by atoms with Crippen LogP contribution in [0, 0.1) is 13.8 Å². The highest BCUT2D eigenvalue weighted by Gasteiger charge is 2.26. The summed E-state index contributed by atoms with van der Waals surface area (Å²) in [6.45, 7) is 5.75. The van der Waals surface area contributed by atoms with Crippen molar-refractivity contribution in [2.24, 2.45) is 0 Å². The Morgan fingerprint density at radius 3 is 2.62 bits per heavy atom. The Hall–Kier alpha value is -2.80. The lowest BCUT2D eigenvalue weighted by atomic mass is 10.1. The molecule has 0 saturated heterocycles. The zero-order valence-electron chi connectivity index (χ0n) is 14.7. The fraction of sp³-hybridized carbons (Fsp3) is 0.211. The van der Waals surface area contributed by atoms with Gasteiger partial charge in [0.2, 0.25) is 11.6 Å². The van der Waals surface area contributed by atoms with Crippen molar-refractivity contribution in [3.8, 4) is 11.6 Å². The molecule has 1 aromatic heterocycles. The van der Waals surface area contributed by atoms with Crippen LogP contribution in [0.3, 0.4) is 0 Å². The second kappa shape index (κ2) is 7.61.